The maximum Gasteiger partial charge on any atom is 0.306 e. The van der Waals surface area contributed by atoms with Crippen molar-refractivity contribution in [2.45, 2.75) is 45.6 Å². The first-order valence-corrected chi connectivity index (χ1v) is 4.53. The van der Waals surface area contributed by atoms with E-state index in [0.29, 0.717) is 6.42 Å². The van der Waals surface area contributed by atoms with Crippen LogP contribution in [0.3, 0.4) is 0 Å². The van der Waals surface area contributed by atoms with E-state index >= 15 is 0 Å². The Kier molecular flexibility index (Phi) is 3.32. The molecule has 0 fully saturated rings. The molecule has 0 unspecified atom stereocenters. The van der Waals surface area contributed by atoms with E-state index in [1.807, 2.05) is 6.92 Å². The van der Waals surface area contributed by atoms with Crippen LogP contribution in [0.2, 0.25) is 0 Å². The normalized spacial score (nSPS) is 30.7. The average Bonchev–Trinajstić information content (AvgIpc) is 2.05. The monoisotopic (exact) mass is 168 g/mol. The maximum absolute atomic E-state index is 11.1. The van der Waals surface area contributed by atoms with Gasteiger partial charge in [-0.25, -0.2) is 0 Å². The van der Waals surface area contributed by atoms with Gasteiger partial charge in [0.05, 0.1) is 0 Å². The molecule has 0 aliphatic carbocycles. The minimum atomic E-state index is -0.0504. The highest BCUT2D eigenvalue weighted by Gasteiger charge is 2.10. The lowest BCUT2D eigenvalue weighted by Crippen LogP contribution is -2.13. The summed E-state index contributed by atoms with van der Waals surface area (Å²) in [6, 6.07) is 0. The fourth-order valence-electron chi connectivity index (χ4n) is 1.31. The zero-order valence-corrected chi connectivity index (χ0v) is 7.80. The van der Waals surface area contributed by atoms with Crippen LogP contribution in [0.5, 0.6) is 0 Å². The number of cyclic esters (lactones) is 1. The lowest BCUT2D eigenvalue weighted by molar-refractivity contribution is -0.148. The maximum atomic E-state index is 11.1. The topological polar surface area (TPSA) is 26.3 Å². The van der Waals surface area contributed by atoms with Crippen molar-refractivity contribution in [1.82, 2.24) is 0 Å². The first-order chi connectivity index (χ1) is 5.68. The van der Waals surface area contributed by atoms with E-state index in [9.17, 15) is 4.79 Å². The summed E-state index contributed by atoms with van der Waals surface area (Å²) in [4.78, 5) is 11.1. The standard InChI is InChI=1S/C10H16O2/c1-8-4-3-5-10(11)12-9(2)7-6-8/h6,9H,3-5,7H2,1-2H3/b8-6-/t9-/m1/s1. The van der Waals surface area contributed by atoms with Gasteiger partial charge in [0.15, 0.2) is 0 Å². The molecule has 0 radical (unpaired) electrons. The lowest BCUT2D eigenvalue weighted by atomic mass is 10.1. The van der Waals surface area contributed by atoms with Crippen LogP contribution < -0.4 is 0 Å². The number of allylic oxidation sites excluding steroid dienone is 1. The van der Waals surface area contributed by atoms with E-state index in [0.717, 1.165) is 19.3 Å². The molecule has 2 heteroatoms. The molecule has 2 nitrogen and oxygen atoms in total. The first kappa shape index (κ1) is 9.30. The van der Waals surface area contributed by atoms with Gasteiger partial charge in [-0.1, -0.05) is 11.6 Å². The molecule has 0 aromatic carbocycles. The molecule has 0 aromatic heterocycles. The van der Waals surface area contributed by atoms with Gasteiger partial charge < -0.3 is 4.74 Å². The number of carbonyl (C=O) groups is 1. The highest BCUT2D eigenvalue weighted by Crippen LogP contribution is 2.13. The van der Waals surface area contributed by atoms with Gasteiger partial charge >= 0.3 is 5.97 Å². The van der Waals surface area contributed by atoms with Crippen LogP contribution in [0, 0.1) is 0 Å². The lowest BCUT2D eigenvalue weighted by Gasteiger charge is -2.09. The molecule has 0 saturated heterocycles. The van der Waals surface area contributed by atoms with Crippen LogP contribution in [0.25, 0.3) is 0 Å². The van der Waals surface area contributed by atoms with E-state index in [-0.39, 0.29) is 12.1 Å². The molecule has 1 rings (SSSR count). The molecule has 1 atom stereocenters. The summed E-state index contributed by atoms with van der Waals surface area (Å²) in [6.45, 7) is 4.05. The Labute approximate surface area is 73.6 Å². The SMILES string of the molecule is C/C1=C/C[C@@H](C)OC(=O)CCC1. The molecular weight excluding hydrogens is 152 g/mol. The summed E-state index contributed by atoms with van der Waals surface area (Å²) in [5, 5.41) is 0. The summed E-state index contributed by atoms with van der Waals surface area (Å²) in [7, 11) is 0. The molecule has 12 heavy (non-hydrogen) atoms. The van der Waals surface area contributed by atoms with Crippen LogP contribution in [0.1, 0.15) is 39.5 Å². The molecule has 0 N–H and O–H groups in total. The van der Waals surface area contributed by atoms with Gasteiger partial charge in [-0.2, -0.15) is 0 Å². The minimum Gasteiger partial charge on any atom is -0.462 e. The van der Waals surface area contributed by atoms with E-state index in [2.05, 4.69) is 13.0 Å². The third kappa shape index (κ3) is 3.07. The van der Waals surface area contributed by atoms with Crippen molar-refractivity contribution in [3.05, 3.63) is 11.6 Å². The second-order valence-corrected chi connectivity index (χ2v) is 3.44. The Bertz CT molecular complexity index is 194. The molecule has 0 bridgehead atoms. The van der Waals surface area contributed by atoms with Crippen LogP contribution >= 0.6 is 0 Å². The fourth-order valence-corrected chi connectivity index (χ4v) is 1.31. The van der Waals surface area contributed by atoms with Crippen LogP contribution in [-0.2, 0) is 9.53 Å². The van der Waals surface area contributed by atoms with Crippen molar-refractivity contribution in [1.29, 1.82) is 0 Å². The van der Waals surface area contributed by atoms with Crippen molar-refractivity contribution >= 4 is 5.97 Å². The van der Waals surface area contributed by atoms with Crippen LogP contribution in [-0.4, -0.2) is 12.1 Å². The van der Waals surface area contributed by atoms with Crippen molar-refractivity contribution in [2.24, 2.45) is 0 Å². The average molecular weight is 168 g/mol. The Morgan fingerprint density at radius 1 is 1.50 bits per heavy atom. The molecule has 1 aliphatic rings. The van der Waals surface area contributed by atoms with Gasteiger partial charge in [0.25, 0.3) is 0 Å². The second-order valence-electron chi connectivity index (χ2n) is 3.44. The first-order valence-electron chi connectivity index (χ1n) is 4.53. The Hall–Kier alpha value is -0.790. The molecule has 68 valence electrons. The van der Waals surface area contributed by atoms with Gasteiger partial charge in [0, 0.05) is 12.8 Å². The number of esters is 1. The Morgan fingerprint density at radius 2 is 2.25 bits per heavy atom. The van der Waals surface area contributed by atoms with Gasteiger partial charge in [-0.15, -0.1) is 0 Å². The Morgan fingerprint density at radius 3 is 3.00 bits per heavy atom. The van der Waals surface area contributed by atoms with E-state index in [1.165, 1.54) is 5.57 Å². The Balaban J connectivity index is 2.53. The van der Waals surface area contributed by atoms with Gasteiger partial charge in [-0.05, 0) is 26.7 Å². The fraction of sp³-hybridized carbons (Fsp3) is 0.700. The summed E-state index contributed by atoms with van der Waals surface area (Å²) < 4.78 is 5.14. The largest absolute Gasteiger partial charge is 0.462 e. The highest BCUT2D eigenvalue weighted by atomic mass is 16.5. The summed E-state index contributed by atoms with van der Waals surface area (Å²) in [5.74, 6) is -0.0504. The van der Waals surface area contributed by atoms with E-state index in [4.69, 9.17) is 4.74 Å². The molecule has 0 aromatic rings. The summed E-state index contributed by atoms with van der Waals surface area (Å²) in [6.07, 6.45) is 5.59. The predicted octanol–water partition coefficient (Wildman–Crippen LogP) is 2.44. The number of ether oxygens (including phenoxy) is 1. The minimum absolute atomic E-state index is 0.0468. The molecule has 1 aliphatic heterocycles. The number of hydrogen-bond acceptors (Lipinski definition) is 2. The smallest absolute Gasteiger partial charge is 0.306 e. The molecule has 0 spiro atoms. The third-order valence-electron chi connectivity index (χ3n) is 2.08. The quantitative estimate of drug-likeness (QED) is 0.410. The third-order valence-corrected chi connectivity index (χ3v) is 2.08. The van der Waals surface area contributed by atoms with Crippen molar-refractivity contribution < 1.29 is 9.53 Å². The van der Waals surface area contributed by atoms with Crippen molar-refractivity contribution in [3.63, 3.8) is 0 Å². The zero-order valence-electron chi connectivity index (χ0n) is 7.80. The molecule has 1 heterocycles. The summed E-state index contributed by atoms with van der Waals surface area (Å²) in [5.41, 5.74) is 1.38. The van der Waals surface area contributed by atoms with Crippen LogP contribution in [0.15, 0.2) is 11.6 Å². The zero-order chi connectivity index (χ0) is 8.97. The van der Waals surface area contributed by atoms with Crippen molar-refractivity contribution in [3.8, 4) is 0 Å². The number of hydrogen-bond donors (Lipinski definition) is 0. The predicted molar refractivity (Wildman–Crippen MR) is 47.8 cm³/mol. The second kappa shape index (κ2) is 4.29. The van der Waals surface area contributed by atoms with Crippen LogP contribution in [0.4, 0.5) is 0 Å². The molecule has 0 amide bonds. The van der Waals surface area contributed by atoms with Crippen molar-refractivity contribution in [2.75, 3.05) is 0 Å². The molecule has 0 saturated carbocycles. The molecular formula is C10H16O2. The number of carbonyl (C=O) groups excluding carboxylic acids is 1. The summed E-state index contributed by atoms with van der Waals surface area (Å²) >= 11 is 0. The van der Waals surface area contributed by atoms with E-state index < -0.39 is 0 Å². The van der Waals surface area contributed by atoms with Gasteiger partial charge in [-0.3, -0.25) is 4.79 Å². The highest BCUT2D eigenvalue weighted by molar-refractivity contribution is 5.69. The van der Waals surface area contributed by atoms with Gasteiger partial charge in [0.1, 0.15) is 6.10 Å². The van der Waals surface area contributed by atoms with E-state index in [1.54, 1.807) is 0 Å². The number of rotatable bonds is 0. The van der Waals surface area contributed by atoms with Gasteiger partial charge in [0.2, 0.25) is 0 Å².